The van der Waals surface area contributed by atoms with Gasteiger partial charge in [0, 0.05) is 5.69 Å². The number of amides is 2. The number of hydrogen-bond acceptors (Lipinski definition) is 5. The Hall–Kier alpha value is -3.35. The molecule has 0 heterocycles. The van der Waals surface area contributed by atoms with Crippen LogP contribution in [0.15, 0.2) is 41.5 Å². The summed E-state index contributed by atoms with van der Waals surface area (Å²) in [6.07, 6.45) is 2.07. The molecule has 0 saturated carbocycles. The molecule has 0 aliphatic carbocycles. The van der Waals surface area contributed by atoms with Crippen molar-refractivity contribution >= 4 is 23.7 Å². The molecule has 0 aromatic heterocycles. The van der Waals surface area contributed by atoms with Gasteiger partial charge in [-0.2, -0.15) is 5.10 Å². The fourth-order valence-electron chi connectivity index (χ4n) is 2.72. The summed E-state index contributed by atoms with van der Waals surface area (Å²) < 4.78 is 11.3. The number of hydrogen-bond donors (Lipinski definition) is 2. The number of ether oxygens (including phenoxy) is 2. The normalized spacial score (nSPS) is 10.7. The second-order valence-electron chi connectivity index (χ2n) is 6.82. The topological polar surface area (TPSA) is 89.0 Å². The molecule has 160 valence electrons. The lowest BCUT2D eigenvalue weighted by molar-refractivity contribution is -0.126. The number of carbonyl (C=O) groups excluding carboxylic acids is 2. The van der Waals surface area contributed by atoms with E-state index in [1.165, 1.54) is 6.21 Å². The Labute approximate surface area is 177 Å². The van der Waals surface area contributed by atoms with Crippen LogP contribution in [-0.4, -0.2) is 31.2 Å². The first-order valence-electron chi connectivity index (χ1n) is 10.0. The number of anilines is 1. The summed E-state index contributed by atoms with van der Waals surface area (Å²) >= 11 is 0. The van der Waals surface area contributed by atoms with E-state index in [9.17, 15) is 9.59 Å². The van der Waals surface area contributed by atoms with E-state index in [1.807, 2.05) is 52.0 Å². The largest absolute Gasteiger partial charge is 0.490 e. The molecular weight excluding hydrogens is 382 g/mol. The van der Waals surface area contributed by atoms with Crippen LogP contribution in [0.4, 0.5) is 5.69 Å². The molecule has 0 aliphatic heterocycles. The van der Waals surface area contributed by atoms with Crippen molar-refractivity contribution < 1.29 is 19.1 Å². The van der Waals surface area contributed by atoms with Crippen molar-refractivity contribution in [1.82, 2.24) is 5.43 Å². The highest BCUT2D eigenvalue weighted by Crippen LogP contribution is 2.28. The van der Waals surface area contributed by atoms with Crippen molar-refractivity contribution in [3.8, 4) is 11.5 Å². The molecule has 2 aromatic carbocycles. The van der Waals surface area contributed by atoms with E-state index in [0.717, 1.165) is 23.1 Å². The lowest BCUT2D eigenvalue weighted by Crippen LogP contribution is -2.24. The maximum atomic E-state index is 12.1. The molecule has 0 radical (unpaired) electrons. The Balaban J connectivity index is 1.90. The van der Waals surface area contributed by atoms with E-state index in [-0.39, 0.29) is 6.42 Å². The van der Waals surface area contributed by atoms with E-state index in [2.05, 4.69) is 15.8 Å². The first-order valence-corrected chi connectivity index (χ1v) is 10.0. The summed E-state index contributed by atoms with van der Waals surface area (Å²) in [6, 6.07) is 11.1. The smallest absolute Gasteiger partial charge is 0.249 e. The van der Waals surface area contributed by atoms with Crippen LogP contribution in [0, 0.1) is 13.8 Å². The molecule has 0 bridgehead atoms. The van der Waals surface area contributed by atoms with E-state index < -0.39 is 11.8 Å². The van der Waals surface area contributed by atoms with Gasteiger partial charge in [-0.1, -0.05) is 24.6 Å². The number of hydrazone groups is 1. The third-order valence-electron chi connectivity index (χ3n) is 4.11. The second kappa shape index (κ2) is 11.6. The number of rotatable bonds is 10. The van der Waals surface area contributed by atoms with Crippen molar-refractivity contribution in [3.05, 3.63) is 53.1 Å². The van der Waals surface area contributed by atoms with Crippen molar-refractivity contribution in [2.75, 3.05) is 18.5 Å². The predicted octanol–water partition coefficient (Wildman–Crippen LogP) is 3.97. The van der Waals surface area contributed by atoms with Crippen LogP contribution in [0.1, 0.15) is 43.4 Å². The minimum absolute atomic E-state index is 0.321. The molecule has 2 rings (SSSR count). The van der Waals surface area contributed by atoms with Crippen molar-refractivity contribution in [3.63, 3.8) is 0 Å². The summed E-state index contributed by atoms with van der Waals surface area (Å²) in [5, 5.41) is 6.66. The molecule has 2 N–H and O–H groups in total. The molecule has 0 atom stereocenters. The minimum atomic E-state index is -0.499. The van der Waals surface area contributed by atoms with E-state index in [1.54, 1.807) is 12.1 Å². The van der Waals surface area contributed by atoms with Gasteiger partial charge in [-0.3, -0.25) is 9.59 Å². The fraction of sp³-hybridized carbons (Fsp3) is 0.348. The number of carbonyl (C=O) groups is 2. The van der Waals surface area contributed by atoms with Crippen LogP contribution in [-0.2, 0) is 9.59 Å². The Kier molecular flexibility index (Phi) is 8.87. The van der Waals surface area contributed by atoms with Crippen LogP contribution in [0.25, 0.3) is 0 Å². The highest BCUT2D eigenvalue weighted by molar-refractivity contribution is 6.04. The number of aryl methyl sites for hydroxylation is 2. The average molecular weight is 412 g/mol. The standard InChI is InChI=1S/C23H29N3O4/c1-5-11-30-20-10-8-18(13-21(20)29-6-2)15-24-26-23(28)14-22(27)25-19-9-7-16(3)12-17(19)4/h7-10,12-13,15H,5-6,11,14H2,1-4H3,(H,25,27)(H,26,28). The van der Waals surface area contributed by atoms with E-state index in [4.69, 9.17) is 9.47 Å². The highest BCUT2D eigenvalue weighted by Gasteiger charge is 2.10. The lowest BCUT2D eigenvalue weighted by Gasteiger charge is -2.11. The summed E-state index contributed by atoms with van der Waals surface area (Å²) in [5.74, 6) is 0.393. The summed E-state index contributed by atoms with van der Waals surface area (Å²) in [6.45, 7) is 8.93. The monoisotopic (exact) mass is 411 g/mol. The first-order chi connectivity index (χ1) is 14.4. The van der Waals surface area contributed by atoms with Crippen molar-refractivity contribution in [2.45, 2.75) is 40.5 Å². The molecule has 0 unspecified atom stereocenters. The summed E-state index contributed by atoms with van der Waals surface area (Å²) in [7, 11) is 0. The number of nitrogens with one attached hydrogen (secondary N) is 2. The second-order valence-corrected chi connectivity index (χ2v) is 6.82. The van der Waals surface area contributed by atoms with Crippen LogP contribution in [0.5, 0.6) is 11.5 Å². The van der Waals surface area contributed by atoms with Gasteiger partial charge in [0.05, 0.1) is 19.4 Å². The van der Waals surface area contributed by atoms with Crippen LogP contribution < -0.4 is 20.2 Å². The van der Waals surface area contributed by atoms with Gasteiger partial charge in [0.25, 0.3) is 0 Å². The summed E-state index contributed by atoms with van der Waals surface area (Å²) in [5.41, 5.74) is 5.85. The Morgan fingerprint density at radius 2 is 1.80 bits per heavy atom. The molecule has 7 heteroatoms. The van der Waals surface area contributed by atoms with Crippen LogP contribution in [0.3, 0.4) is 0 Å². The SMILES string of the molecule is CCCOc1ccc(C=NNC(=O)CC(=O)Nc2ccc(C)cc2C)cc1OCC. The minimum Gasteiger partial charge on any atom is -0.490 e. The zero-order chi connectivity index (χ0) is 21.9. The van der Waals surface area contributed by atoms with Gasteiger partial charge >= 0.3 is 0 Å². The van der Waals surface area contributed by atoms with Crippen LogP contribution >= 0.6 is 0 Å². The molecule has 2 aromatic rings. The molecule has 0 spiro atoms. The van der Waals surface area contributed by atoms with Gasteiger partial charge in [-0.25, -0.2) is 5.43 Å². The molecule has 7 nitrogen and oxygen atoms in total. The predicted molar refractivity (Wildman–Crippen MR) is 118 cm³/mol. The zero-order valence-electron chi connectivity index (χ0n) is 18.0. The fourth-order valence-corrected chi connectivity index (χ4v) is 2.72. The molecular formula is C23H29N3O4. The van der Waals surface area contributed by atoms with Gasteiger partial charge in [-0.15, -0.1) is 0 Å². The average Bonchev–Trinajstić information content (AvgIpc) is 2.69. The van der Waals surface area contributed by atoms with Gasteiger partial charge in [0.15, 0.2) is 11.5 Å². The van der Waals surface area contributed by atoms with Crippen LogP contribution in [0.2, 0.25) is 0 Å². The highest BCUT2D eigenvalue weighted by atomic mass is 16.5. The maximum absolute atomic E-state index is 12.1. The maximum Gasteiger partial charge on any atom is 0.249 e. The third-order valence-corrected chi connectivity index (χ3v) is 4.11. The van der Waals surface area contributed by atoms with Gasteiger partial charge in [0.1, 0.15) is 6.42 Å². The third kappa shape index (κ3) is 7.24. The van der Waals surface area contributed by atoms with E-state index in [0.29, 0.717) is 30.4 Å². The molecule has 30 heavy (non-hydrogen) atoms. The Morgan fingerprint density at radius 1 is 1.00 bits per heavy atom. The van der Waals surface area contributed by atoms with Gasteiger partial charge in [0.2, 0.25) is 11.8 Å². The number of nitrogens with zero attached hydrogens (tertiary/aromatic N) is 1. The van der Waals surface area contributed by atoms with Gasteiger partial charge in [-0.05, 0) is 62.6 Å². The first kappa shape index (κ1) is 22.9. The number of benzene rings is 2. The summed E-state index contributed by atoms with van der Waals surface area (Å²) in [4.78, 5) is 24.1. The van der Waals surface area contributed by atoms with E-state index >= 15 is 0 Å². The molecule has 2 amide bonds. The lowest BCUT2D eigenvalue weighted by atomic mass is 10.1. The van der Waals surface area contributed by atoms with Crippen molar-refractivity contribution in [1.29, 1.82) is 0 Å². The zero-order valence-corrected chi connectivity index (χ0v) is 18.0. The Morgan fingerprint density at radius 3 is 2.50 bits per heavy atom. The molecule has 0 fully saturated rings. The Bertz CT molecular complexity index is 909. The van der Waals surface area contributed by atoms with Gasteiger partial charge < -0.3 is 14.8 Å². The molecule has 0 saturated heterocycles. The van der Waals surface area contributed by atoms with Crippen molar-refractivity contribution in [2.24, 2.45) is 5.10 Å². The quantitative estimate of drug-likeness (QED) is 0.352. The molecule has 0 aliphatic rings.